The van der Waals surface area contributed by atoms with Gasteiger partial charge in [-0.3, -0.25) is 0 Å². The lowest BCUT2D eigenvalue weighted by Gasteiger charge is -2.11. The van der Waals surface area contributed by atoms with Gasteiger partial charge >= 0.3 is 0 Å². The molecule has 3 aromatic carbocycles. The quantitative estimate of drug-likeness (QED) is 0.477. The molecule has 1 heterocycles. The molecule has 0 N–H and O–H groups in total. The molecule has 2 nitrogen and oxygen atoms in total. The van der Waals surface area contributed by atoms with Gasteiger partial charge in [0.05, 0.1) is 5.69 Å². The lowest BCUT2D eigenvalue weighted by atomic mass is 9.98. The Morgan fingerprint density at radius 1 is 0.560 bits per heavy atom. The van der Waals surface area contributed by atoms with Crippen molar-refractivity contribution in [3.05, 3.63) is 96.6 Å². The number of hydrogen-bond acceptors (Lipinski definition) is 2. The van der Waals surface area contributed by atoms with Gasteiger partial charge in [0.2, 0.25) is 0 Å². The Hall–Kier alpha value is -3.26. The van der Waals surface area contributed by atoms with Crippen LogP contribution in [-0.4, -0.2) is 10.2 Å². The first-order valence-corrected chi connectivity index (χ1v) is 8.37. The van der Waals surface area contributed by atoms with Crippen LogP contribution in [-0.2, 0) is 0 Å². The molecule has 0 saturated carbocycles. The molecule has 25 heavy (non-hydrogen) atoms. The van der Waals surface area contributed by atoms with Crippen molar-refractivity contribution in [1.29, 1.82) is 0 Å². The van der Waals surface area contributed by atoms with Gasteiger partial charge in [-0.1, -0.05) is 90.5 Å². The summed E-state index contributed by atoms with van der Waals surface area (Å²) >= 11 is 0. The van der Waals surface area contributed by atoms with Crippen LogP contribution in [0.1, 0.15) is 5.56 Å². The molecule has 0 fully saturated rings. The molecular formula is C23H18N2. The summed E-state index contributed by atoms with van der Waals surface area (Å²) in [5, 5.41) is 9.07. The summed E-state index contributed by atoms with van der Waals surface area (Å²) in [5.41, 5.74) is 7.42. The molecule has 0 aliphatic carbocycles. The van der Waals surface area contributed by atoms with Crippen molar-refractivity contribution in [1.82, 2.24) is 10.2 Å². The van der Waals surface area contributed by atoms with E-state index in [0.29, 0.717) is 0 Å². The van der Waals surface area contributed by atoms with Gasteiger partial charge in [0.1, 0.15) is 5.69 Å². The molecule has 1 aromatic heterocycles. The lowest BCUT2D eigenvalue weighted by molar-refractivity contribution is 1.05. The van der Waals surface area contributed by atoms with Gasteiger partial charge in [-0.05, 0) is 18.6 Å². The highest BCUT2D eigenvalue weighted by Crippen LogP contribution is 2.32. The molecule has 0 atom stereocenters. The van der Waals surface area contributed by atoms with E-state index < -0.39 is 0 Å². The highest BCUT2D eigenvalue weighted by molar-refractivity contribution is 5.82. The van der Waals surface area contributed by atoms with Crippen molar-refractivity contribution < 1.29 is 0 Å². The SMILES string of the molecule is Cc1ccc(-c2cc(-c3ccccc3)c(-c3ccccc3)nn2)cc1. The van der Waals surface area contributed by atoms with Crippen LogP contribution in [0.4, 0.5) is 0 Å². The summed E-state index contributed by atoms with van der Waals surface area (Å²) in [7, 11) is 0. The Bertz CT molecular complexity index is 975. The summed E-state index contributed by atoms with van der Waals surface area (Å²) in [4.78, 5) is 0. The summed E-state index contributed by atoms with van der Waals surface area (Å²) in [6.07, 6.45) is 0. The minimum atomic E-state index is 0.888. The highest BCUT2D eigenvalue weighted by atomic mass is 15.1. The van der Waals surface area contributed by atoms with E-state index in [1.54, 1.807) is 0 Å². The van der Waals surface area contributed by atoms with Crippen LogP contribution in [0.5, 0.6) is 0 Å². The fourth-order valence-electron chi connectivity index (χ4n) is 2.90. The Labute approximate surface area is 147 Å². The average Bonchev–Trinajstić information content (AvgIpc) is 2.69. The number of nitrogens with zero attached hydrogens (tertiary/aromatic N) is 2. The summed E-state index contributed by atoms with van der Waals surface area (Å²) in [6, 6.07) is 31.1. The smallest absolute Gasteiger partial charge is 0.101 e. The first kappa shape index (κ1) is 15.3. The van der Waals surface area contributed by atoms with E-state index in [4.69, 9.17) is 0 Å². The molecule has 0 aliphatic rings. The van der Waals surface area contributed by atoms with Crippen molar-refractivity contribution >= 4 is 0 Å². The molecule has 0 radical (unpaired) electrons. The van der Waals surface area contributed by atoms with E-state index in [1.807, 2.05) is 24.3 Å². The first-order valence-electron chi connectivity index (χ1n) is 8.37. The van der Waals surface area contributed by atoms with Gasteiger partial charge in [0.25, 0.3) is 0 Å². The van der Waals surface area contributed by atoms with Crippen LogP contribution in [0.3, 0.4) is 0 Å². The molecule has 0 saturated heterocycles. The maximum absolute atomic E-state index is 4.57. The van der Waals surface area contributed by atoms with Crippen LogP contribution in [0.25, 0.3) is 33.6 Å². The van der Waals surface area contributed by atoms with Gasteiger partial charge in [-0.2, -0.15) is 0 Å². The Morgan fingerprint density at radius 2 is 1.16 bits per heavy atom. The monoisotopic (exact) mass is 322 g/mol. The highest BCUT2D eigenvalue weighted by Gasteiger charge is 2.12. The van der Waals surface area contributed by atoms with E-state index in [1.165, 1.54) is 5.56 Å². The normalized spacial score (nSPS) is 10.6. The Morgan fingerprint density at radius 3 is 1.80 bits per heavy atom. The fourth-order valence-corrected chi connectivity index (χ4v) is 2.90. The second kappa shape index (κ2) is 6.70. The zero-order valence-electron chi connectivity index (χ0n) is 14.1. The summed E-state index contributed by atoms with van der Waals surface area (Å²) < 4.78 is 0. The van der Waals surface area contributed by atoms with Crippen molar-refractivity contribution in [2.24, 2.45) is 0 Å². The van der Waals surface area contributed by atoms with Gasteiger partial charge < -0.3 is 0 Å². The second-order valence-electron chi connectivity index (χ2n) is 6.09. The molecule has 0 bridgehead atoms. The third kappa shape index (κ3) is 3.20. The number of rotatable bonds is 3. The predicted molar refractivity (Wildman–Crippen MR) is 103 cm³/mol. The molecule has 4 rings (SSSR count). The van der Waals surface area contributed by atoms with Crippen LogP contribution >= 0.6 is 0 Å². The topological polar surface area (TPSA) is 25.8 Å². The van der Waals surface area contributed by atoms with E-state index in [0.717, 1.165) is 33.6 Å². The number of aryl methyl sites for hydroxylation is 1. The van der Waals surface area contributed by atoms with E-state index in [9.17, 15) is 0 Å². The van der Waals surface area contributed by atoms with Gasteiger partial charge in [-0.25, -0.2) is 0 Å². The zero-order valence-corrected chi connectivity index (χ0v) is 14.1. The van der Waals surface area contributed by atoms with E-state index in [2.05, 4.69) is 83.9 Å². The van der Waals surface area contributed by atoms with E-state index >= 15 is 0 Å². The van der Waals surface area contributed by atoms with Crippen LogP contribution in [0.15, 0.2) is 91.0 Å². The van der Waals surface area contributed by atoms with Gasteiger partial charge in [-0.15, -0.1) is 10.2 Å². The first-order chi connectivity index (χ1) is 12.3. The number of aromatic nitrogens is 2. The maximum atomic E-state index is 4.57. The minimum Gasteiger partial charge on any atom is -0.150 e. The average molecular weight is 322 g/mol. The van der Waals surface area contributed by atoms with Crippen LogP contribution in [0, 0.1) is 6.92 Å². The van der Waals surface area contributed by atoms with Gasteiger partial charge in [0.15, 0.2) is 0 Å². The molecule has 0 aliphatic heterocycles. The minimum absolute atomic E-state index is 0.888. The van der Waals surface area contributed by atoms with E-state index in [-0.39, 0.29) is 0 Å². The molecule has 2 heteroatoms. The Balaban J connectivity index is 1.90. The Kier molecular flexibility index (Phi) is 4.09. The number of benzene rings is 3. The molecular weight excluding hydrogens is 304 g/mol. The molecule has 0 unspecified atom stereocenters. The van der Waals surface area contributed by atoms with Crippen molar-refractivity contribution in [3.8, 4) is 33.6 Å². The number of hydrogen-bond donors (Lipinski definition) is 0. The fraction of sp³-hybridized carbons (Fsp3) is 0.0435. The van der Waals surface area contributed by atoms with Crippen molar-refractivity contribution in [2.45, 2.75) is 6.92 Å². The maximum Gasteiger partial charge on any atom is 0.101 e. The zero-order chi connectivity index (χ0) is 17.1. The van der Waals surface area contributed by atoms with Gasteiger partial charge in [0, 0.05) is 16.7 Å². The summed E-state index contributed by atoms with van der Waals surface area (Å²) in [5.74, 6) is 0. The molecule has 120 valence electrons. The van der Waals surface area contributed by atoms with Crippen LogP contribution < -0.4 is 0 Å². The predicted octanol–water partition coefficient (Wildman–Crippen LogP) is 5.79. The van der Waals surface area contributed by atoms with Crippen molar-refractivity contribution in [2.75, 3.05) is 0 Å². The summed E-state index contributed by atoms with van der Waals surface area (Å²) in [6.45, 7) is 2.09. The molecule has 0 spiro atoms. The standard InChI is InChI=1S/C23H18N2/c1-17-12-14-19(15-13-17)22-16-21(18-8-4-2-5-9-18)23(25-24-22)20-10-6-3-7-11-20/h2-16H,1H3. The second-order valence-corrected chi connectivity index (χ2v) is 6.09. The lowest BCUT2D eigenvalue weighted by Crippen LogP contribution is -1.95. The molecule has 4 aromatic rings. The third-order valence-electron chi connectivity index (χ3n) is 4.27. The van der Waals surface area contributed by atoms with Crippen LogP contribution in [0.2, 0.25) is 0 Å². The largest absolute Gasteiger partial charge is 0.150 e. The molecule has 0 amide bonds. The van der Waals surface area contributed by atoms with Crippen molar-refractivity contribution in [3.63, 3.8) is 0 Å². The third-order valence-corrected chi connectivity index (χ3v) is 4.27.